The first-order valence-corrected chi connectivity index (χ1v) is 8.46. The lowest BCUT2D eigenvalue weighted by atomic mass is 10.0. The molecular formula is C19H14ClN7. The quantitative estimate of drug-likeness (QED) is 0.566. The Labute approximate surface area is 160 Å². The van der Waals surface area contributed by atoms with Crippen molar-refractivity contribution in [3.63, 3.8) is 0 Å². The summed E-state index contributed by atoms with van der Waals surface area (Å²) in [6.45, 7) is 1.84. The minimum absolute atomic E-state index is 0.160. The van der Waals surface area contributed by atoms with Gasteiger partial charge in [-0.2, -0.15) is 10.4 Å². The number of nitriles is 1. The summed E-state index contributed by atoms with van der Waals surface area (Å²) in [5, 5.41) is 14.5. The van der Waals surface area contributed by atoms with E-state index in [9.17, 15) is 5.26 Å². The summed E-state index contributed by atoms with van der Waals surface area (Å²) in [6.07, 6.45) is 5.20. The summed E-state index contributed by atoms with van der Waals surface area (Å²) >= 11 is 6.05. The predicted molar refractivity (Wildman–Crippen MR) is 103 cm³/mol. The fraction of sp³-hybridized carbons (Fsp3) is 0.0526. The normalized spacial score (nSPS) is 10.7. The number of hydrogen-bond donors (Lipinski definition) is 2. The Bertz CT molecular complexity index is 1180. The molecule has 0 fully saturated rings. The van der Waals surface area contributed by atoms with Gasteiger partial charge in [0.05, 0.1) is 29.5 Å². The van der Waals surface area contributed by atoms with E-state index in [0.29, 0.717) is 27.5 Å². The van der Waals surface area contributed by atoms with Crippen molar-refractivity contribution in [2.45, 2.75) is 6.92 Å². The van der Waals surface area contributed by atoms with E-state index < -0.39 is 0 Å². The van der Waals surface area contributed by atoms with Crippen LogP contribution in [0, 0.1) is 18.3 Å². The first-order valence-electron chi connectivity index (χ1n) is 8.09. The highest BCUT2D eigenvalue weighted by Gasteiger charge is 2.16. The summed E-state index contributed by atoms with van der Waals surface area (Å²) < 4.78 is 1.71. The van der Waals surface area contributed by atoms with Gasteiger partial charge in [0.15, 0.2) is 0 Å². The standard InChI is InChI=1S/C19H14ClN7/c1-11-23-9-18(25-11)15-6-17(26-19(22)16(15)7-21)12-8-24-27(10-12)14-4-2-3-13(20)5-14/h2-6,8-10H,1H3,(H2,22,26)(H,23,25). The van der Waals surface area contributed by atoms with Gasteiger partial charge in [-0.05, 0) is 31.2 Å². The Morgan fingerprint density at radius 2 is 2.11 bits per heavy atom. The average molecular weight is 376 g/mol. The second-order valence-electron chi connectivity index (χ2n) is 5.96. The predicted octanol–water partition coefficient (Wildman–Crippen LogP) is 3.74. The van der Waals surface area contributed by atoms with E-state index in [-0.39, 0.29) is 5.82 Å². The van der Waals surface area contributed by atoms with E-state index in [0.717, 1.165) is 17.1 Å². The molecule has 4 rings (SSSR count). The van der Waals surface area contributed by atoms with E-state index in [1.165, 1.54) is 0 Å². The number of nitrogens with two attached hydrogens (primary N) is 1. The highest BCUT2D eigenvalue weighted by atomic mass is 35.5. The minimum Gasteiger partial charge on any atom is -0.383 e. The molecule has 8 heteroatoms. The van der Waals surface area contributed by atoms with Crippen LogP contribution in [-0.2, 0) is 0 Å². The summed E-state index contributed by atoms with van der Waals surface area (Å²) in [7, 11) is 0. The number of nitrogens with one attached hydrogen (secondary N) is 1. The van der Waals surface area contributed by atoms with Gasteiger partial charge in [0, 0.05) is 22.3 Å². The van der Waals surface area contributed by atoms with Crippen molar-refractivity contribution < 1.29 is 0 Å². The molecule has 0 bridgehead atoms. The molecule has 0 aliphatic carbocycles. The number of anilines is 1. The lowest BCUT2D eigenvalue weighted by Crippen LogP contribution is -1.99. The van der Waals surface area contributed by atoms with Crippen molar-refractivity contribution in [2.75, 3.05) is 5.73 Å². The first kappa shape index (κ1) is 16.8. The number of aryl methyl sites for hydroxylation is 1. The van der Waals surface area contributed by atoms with Crippen LogP contribution in [0.1, 0.15) is 11.4 Å². The largest absolute Gasteiger partial charge is 0.383 e. The topological polar surface area (TPSA) is 109 Å². The molecule has 0 amide bonds. The summed E-state index contributed by atoms with van der Waals surface area (Å²) in [6, 6.07) is 11.3. The minimum atomic E-state index is 0.160. The zero-order valence-corrected chi connectivity index (χ0v) is 15.1. The molecule has 7 nitrogen and oxygen atoms in total. The van der Waals surface area contributed by atoms with Crippen LogP contribution in [0.3, 0.4) is 0 Å². The Balaban J connectivity index is 1.81. The van der Waals surface area contributed by atoms with Crippen LogP contribution in [0.25, 0.3) is 28.2 Å². The van der Waals surface area contributed by atoms with Gasteiger partial charge in [-0.1, -0.05) is 17.7 Å². The molecule has 3 aromatic heterocycles. The number of hydrogen-bond acceptors (Lipinski definition) is 5. The molecule has 0 radical (unpaired) electrons. The Morgan fingerprint density at radius 1 is 1.26 bits per heavy atom. The van der Waals surface area contributed by atoms with Crippen LogP contribution >= 0.6 is 11.6 Å². The third-order valence-electron chi connectivity index (χ3n) is 4.10. The summed E-state index contributed by atoms with van der Waals surface area (Å²) in [4.78, 5) is 11.7. The summed E-state index contributed by atoms with van der Waals surface area (Å²) in [5.41, 5.74) is 9.92. The van der Waals surface area contributed by atoms with Crippen LogP contribution in [0.5, 0.6) is 0 Å². The molecule has 0 aliphatic heterocycles. The van der Waals surface area contributed by atoms with E-state index >= 15 is 0 Å². The van der Waals surface area contributed by atoms with Gasteiger partial charge in [0.25, 0.3) is 0 Å². The van der Waals surface area contributed by atoms with Crippen LogP contribution in [0.4, 0.5) is 5.82 Å². The van der Waals surface area contributed by atoms with E-state index in [4.69, 9.17) is 17.3 Å². The Morgan fingerprint density at radius 3 is 2.81 bits per heavy atom. The number of nitrogen functional groups attached to an aromatic ring is 1. The molecule has 3 heterocycles. The molecule has 0 spiro atoms. The van der Waals surface area contributed by atoms with Gasteiger partial charge in [-0.3, -0.25) is 0 Å². The van der Waals surface area contributed by atoms with Gasteiger partial charge >= 0.3 is 0 Å². The van der Waals surface area contributed by atoms with Crippen molar-refractivity contribution in [2.24, 2.45) is 0 Å². The molecule has 0 aliphatic rings. The highest BCUT2D eigenvalue weighted by molar-refractivity contribution is 6.30. The number of benzene rings is 1. The van der Waals surface area contributed by atoms with E-state index in [1.807, 2.05) is 31.3 Å². The maximum Gasteiger partial charge on any atom is 0.142 e. The number of aromatic amines is 1. The SMILES string of the molecule is Cc1ncc(-c2cc(-c3cnn(-c4cccc(Cl)c4)c3)nc(N)c2C#N)[nH]1. The van der Waals surface area contributed by atoms with Crippen molar-refractivity contribution in [3.05, 3.63) is 65.3 Å². The maximum absolute atomic E-state index is 9.47. The first-order chi connectivity index (χ1) is 13.0. The van der Waals surface area contributed by atoms with Crippen molar-refractivity contribution in [1.29, 1.82) is 5.26 Å². The lowest BCUT2D eigenvalue weighted by molar-refractivity contribution is 0.881. The molecule has 0 atom stereocenters. The molecule has 27 heavy (non-hydrogen) atoms. The molecule has 0 saturated heterocycles. The molecule has 132 valence electrons. The van der Waals surface area contributed by atoms with Gasteiger partial charge in [0.1, 0.15) is 23.3 Å². The zero-order valence-electron chi connectivity index (χ0n) is 14.3. The molecule has 3 N–H and O–H groups in total. The van der Waals surface area contributed by atoms with Crippen LogP contribution in [-0.4, -0.2) is 24.7 Å². The van der Waals surface area contributed by atoms with Crippen LogP contribution in [0.2, 0.25) is 5.02 Å². The van der Waals surface area contributed by atoms with Crippen molar-refractivity contribution in [1.82, 2.24) is 24.7 Å². The van der Waals surface area contributed by atoms with E-state index in [1.54, 1.807) is 29.2 Å². The molecule has 4 aromatic rings. The second-order valence-corrected chi connectivity index (χ2v) is 6.40. The highest BCUT2D eigenvalue weighted by Crippen LogP contribution is 2.30. The van der Waals surface area contributed by atoms with Crippen molar-refractivity contribution in [3.8, 4) is 34.3 Å². The Kier molecular flexibility index (Phi) is 4.11. The van der Waals surface area contributed by atoms with Crippen LogP contribution in [0.15, 0.2) is 48.9 Å². The average Bonchev–Trinajstić information content (AvgIpc) is 3.30. The van der Waals surface area contributed by atoms with Gasteiger partial charge in [0.2, 0.25) is 0 Å². The number of pyridine rings is 1. The monoisotopic (exact) mass is 375 g/mol. The molecule has 1 aromatic carbocycles. The third kappa shape index (κ3) is 3.14. The lowest BCUT2D eigenvalue weighted by Gasteiger charge is -2.07. The van der Waals surface area contributed by atoms with Crippen LogP contribution < -0.4 is 5.73 Å². The third-order valence-corrected chi connectivity index (χ3v) is 4.34. The van der Waals surface area contributed by atoms with E-state index in [2.05, 4.69) is 26.1 Å². The molecule has 0 saturated carbocycles. The molecular weight excluding hydrogens is 362 g/mol. The van der Waals surface area contributed by atoms with Crippen molar-refractivity contribution >= 4 is 17.4 Å². The maximum atomic E-state index is 9.47. The zero-order chi connectivity index (χ0) is 19.0. The fourth-order valence-electron chi connectivity index (χ4n) is 2.82. The summed E-state index contributed by atoms with van der Waals surface area (Å²) in [5.74, 6) is 0.910. The fourth-order valence-corrected chi connectivity index (χ4v) is 3.00. The number of halogens is 1. The number of imidazole rings is 1. The Hall–Kier alpha value is -3.63. The van der Waals surface area contributed by atoms with Gasteiger partial charge in [-0.25, -0.2) is 14.6 Å². The molecule has 0 unspecified atom stereocenters. The number of rotatable bonds is 3. The number of H-pyrrole nitrogens is 1. The van der Waals surface area contributed by atoms with Gasteiger partial charge < -0.3 is 10.7 Å². The van der Waals surface area contributed by atoms with Gasteiger partial charge in [-0.15, -0.1) is 0 Å². The smallest absolute Gasteiger partial charge is 0.142 e. The number of aromatic nitrogens is 5. The second kappa shape index (κ2) is 6.59. The number of nitrogens with zero attached hydrogens (tertiary/aromatic N) is 5.